The molecule has 0 bridgehead atoms. The van der Waals surface area contributed by atoms with Gasteiger partial charge in [0.15, 0.2) is 0 Å². The van der Waals surface area contributed by atoms with Crippen molar-refractivity contribution in [1.82, 2.24) is 15.6 Å². The smallest absolute Gasteiger partial charge is 0.216 e. The average Bonchev–Trinajstić information content (AvgIpc) is 2.97. The molecule has 0 saturated carbocycles. The van der Waals surface area contributed by atoms with Gasteiger partial charge in [0.25, 0.3) is 0 Å². The Balaban J connectivity index is 1.52. The van der Waals surface area contributed by atoms with Crippen LogP contribution in [0.1, 0.15) is 40.3 Å². The summed E-state index contributed by atoms with van der Waals surface area (Å²) >= 11 is 0. The number of nitrogens with one attached hydrogen (secondary N) is 2. The van der Waals surface area contributed by atoms with Crippen LogP contribution in [0.2, 0.25) is 0 Å². The maximum Gasteiger partial charge on any atom is 0.216 e. The monoisotopic (exact) mass is 534 g/mol. The molecule has 0 atom stereocenters. The van der Waals surface area contributed by atoms with Gasteiger partial charge in [-0.3, -0.25) is 9.78 Å². The van der Waals surface area contributed by atoms with E-state index in [0.29, 0.717) is 37.6 Å². The molecule has 1 aromatic heterocycles. The van der Waals surface area contributed by atoms with Crippen molar-refractivity contribution in [3.05, 3.63) is 113 Å². The molecule has 0 radical (unpaired) electrons. The largest absolute Gasteiger partial charge is 0.488 e. The second kappa shape index (κ2) is 13.9. The summed E-state index contributed by atoms with van der Waals surface area (Å²) in [5.74, 6) is 1.37. The third kappa shape index (κ3) is 7.68. The first-order valence-electron chi connectivity index (χ1n) is 13.3. The second-order valence-electron chi connectivity index (χ2n) is 9.61. The van der Waals surface area contributed by atoms with E-state index in [-0.39, 0.29) is 12.5 Å². The molecule has 7 nitrogen and oxygen atoms in total. The van der Waals surface area contributed by atoms with Crippen LogP contribution < -0.4 is 20.1 Å². The highest BCUT2D eigenvalue weighted by Gasteiger charge is 2.13. The van der Waals surface area contributed by atoms with Crippen LogP contribution in [0.5, 0.6) is 11.5 Å². The number of rotatable bonds is 12. The van der Waals surface area contributed by atoms with Crippen LogP contribution in [0, 0.1) is 25.2 Å². The van der Waals surface area contributed by atoms with Crippen LogP contribution in [-0.2, 0) is 24.6 Å². The van der Waals surface area contributed by atoms with Crippen molar-refractivity contribution >= 4 is 5.91 Å². The minimum atomic E-state index is -0.0547. The number of nitrogens with zero attached hydrogens (tertiary/aromatic N) is 2. The molecule has 7 heteroatoms. The molecule has 0 fully saturated rings. The molecule has 0 aliphatic rings. The summed E-state index contributed by atoms with van der Waals surface area (Å²) in [5.41, 5.74) is 7.94. The zero-order valence-corrected chi connectivity index (χ0v) is 23.2. The molecular weight excluding hydrogens is 500 g/mol. The highest BCUT2D eigenvalue weighted by molar-refractivity contribution is 5.72. The predicted octanol–water partition coefficient (Wildman–Crippen LogP) is 5.62. The third-order valence-corrected chi connectivity index (χ3v) is 6.58. The van der Waals surface area contributed by atoms with E-state index in [9.17, 15) is 10.1 Å². The molecule has 0 aliphatic heterocycles. The quantitative estimate of drug-likeness (QED) is 0.229. The van der Waals surface area contributed by atoms with E-state index in [1.165, 1.54) is 29.8 Å². The van der Waals surface area contributed by atoms with E-state index in [2.05, 4.69) is 65.0 Å². The Kier molecular flexibility index (Phi) is 9.87. The number of aryl methyl sites for hydroxylation is 1. The zero-order chi connectivity index (χ0) is 28.3. The Labute approximate surface area is 235 Å². The number of nitriles is 1. The van der Waals surface area contributed by atoms with Gasteiger partial charge in [0.05, 0.1) is 5.56 Å². The summed E-state index contributed by atoms with van der Waals surface area (Å²) in [6, 6.07) is 24.5. The van der Waals surface area contributed by atoms with E-state index in [4.69, 9.17) is 9.47 Å². The van der Waals surface area contributed by atoms with Crippen LogP contribution >= 0.6 is 0 Å². The first-order chi connectivity index (χ1) is 19.4. The van der Waals surface area contributed by atoms with Crippen molar-refractivity contribution in [2.75, 3.05) is 13.1 Å². The number of hydrogen-bond donors (Lipinski definition) is 2. The van der Waals surface area contributed by atoms with Crippen LogP contribution in [-0.4, -0.2) is 24.0 Å². The Hall–Kier alpha value is -4.67. The van der Waals surface area contributed by atoms with E-state index >= 15 is 0 Å². The molecule has 2 N–H and O–H groups in total. The molecule has 0 unspecified atom stereocenters. The fraction of sp³-hybridized carbons (Fsp3) is 0.242. The van der Waals surface area contributed by atoms with Crippen molar-refractivity contribution in [3.63, 3.8) is 0 Å². The Morgan fingerprint density at radius 1 is 0.900 bits per heavy atom. The number of carbonyl (C=O) groups excluding carboxylic acids is 1. The normalized spacial score (nSPS) is 10.6. The molecule has 0 spiro atoms. The van der Waals surface area contributed by atoms with Gasteiger partial charge in [-0.25, -0.2) is 0 Å². The predicted molar refractivity (Wildman–Crippen MR) is 156 cm³/mol. The molecule has 204 valence electrons. The zero-order valence-electron chi connectivity index (χ0n) is 23.2. The number of amides is 1. The summed E-state index contributed by atoms with van der Waals surface area (Å²) in [6.07, 6.45) is 3.22. The Morgan fingerprint density at radius 3 is 2.48 bits per heavy atom. The standard InChI is InChI=1S/C33H34N4O3/c1-23-14-30(20-35-12-13-37-25(3)38)33(39-21-27-15-26(17-34)18-36-19-27)16-32(23)40-22-29-10-7-11-31(24(29)2)28-8-5-4-6-9-28/h4-11,14-16,18-19,35H,12-13,20-22H2,1-3H3,(H,37,38). The highest BCUT2D eigenvalue weighted by Crippen LogP contribution is 2.32. The number of ether oxygens (including phenoxy) is 2. The lowest BCUT2D eigenvalue weighted by Gasteiger charge is -2.18. The molecule has 40 heavy (non-hydrogen) atoms. The molecule has 4 aromatic rings. The van der Waals surface area contributed by atoms with Gasteiger partial charge in [-0.2, -0.15) is 5.26 Å². The molecule has 3 aromatic carbocycles. The summed E-state index contributed by atoms with van der Waals surface area (Å²) in [7, 11) is 0. The molecule has 0 aliphatic carbocycles. The Morgan fingerprint density at radius 2 is 1.70 bits per heavy atom. The molecular formula is C33H34N4O3. The van der Waals surface area contributed by atoms with E-state index in [1.54, 1.807) is 12.3 Å². The molecule has 4 rings (SSSR count). The number of aromatic nitrogens is 1. The van der Waals surface area contributed by atoms with Crippen molar-refractivity contribution in [3.8, 4) is 28.7 Å². The summed E-state index contributed by atoms with van der Waals surface area (Å²) in [5, 5.41) is 15.4. The van der Waals surface area contributed by atoms with E-state index in [1.807, 2.05) is 31.2 Å². The third-order valence-electron chi connectivity index (χ3n) is 6.58. The number of carbonyl (C=O) groups is 1. The van der Waals surface area contributed by atoms with Gasteiger partial charge in [-0.05, 0) is 53.8 Å². The van der Waals surface area contributed by atoms with Gasteiger partial charge >= 0.3 is 0 Å². The van der Waals surface area contributed by atoms with Crippen LogP contribution in [0.4, 0.5) is 0 Å². The number of pyridine rings is 1. The van der Waals surface area contributed by atoms with Gasteiger partial charge < -0.3 is 20.1 Å². The average molecular weight is 535 g/mol. The van der Waals surface area contributed by atoms with Crippen molar-refractivity contribution in [2.45, 2.75) is 40.5 Å². The summed E-state index contributed by atoms with van der Waals surface area (Å²) < 4.78 is 12.6. The fourth-order valence-corrected chi connectivity index (χ4v) is 4.42. The lowest BCUT2D eigenvalue weighted by Crippen LogP contribution is -2.30. The first-order valence-corrected chi connectivity index (χ1v) is 13.3. The van der Waals surface area contributed by atoms with Crippen LogP contribution in [0.3, 0.4) is 0 Å². The van der Waals surface area contributed by atoms with Gasteiger partial charge in [-0.1, -0.05) is 48.5 Å². The van der Waals surface area contributed by atoms with Crippen molar-refractivity contribution in [1.29, 1.82) is 5.26 Å². The SMILES string of the molecule is CC(=O)NCCNCc1cc(C)c(OCc2cccc(-c3ccccc3)c2C)cc1OCc1cncc(C#N)c1. The van der Waals surface area contributed by atoms with E-state index in [0.717, 1.165) is 28.0 Å². The minimum Gasteiger partial charge on any atom is -0.488 e. The van der Waals surface area contributed by atoms with Crippen molar-refractivity contribution in [2.24, 2.45) is 0 Å². The van der Waals surface area contributed by atoms with Crippen LogP contribution in [0.25, 0.3) is 11.1 Å². The highest BCUT2D eigenvalue weighted by atomic mass is 16.5. The van der Waals surface area contributed by atoms with Crippen molar-refractivity contribution < 1.29 is 14.3 Å². The summed E-state index contributed by atoms with van der Waals surface area (Å²) in [4.78, 5) is 15.3. The topological polar surface area (TPSA) is 96.3 Å². The number of benzene rings is 3. The lowest BCUT2D eigenvalue weighted by molar-refractivity contribution is -0.118. The molecule has 1 amide bonds. The maximum absolute atomic E-state index is 11.2. The van der Waals surface area contributed by atoms with Gasteiger partial charge in [0.1, 0.15) is 30.8 Å². The van der Waals surface area contributed by atoms with E-state index < -0.39 is 0 Å². The summed E-state index contributed by atoms with van der Waals surface area (Å²) in [6.45, 7) is 8.07. The molecule has 1 heterocycles. The van der Waals surface area contributed by atoms with Crippen LogP contribution in [0.15, 0.2) is 79.1 Å². The maximum atomic E-state index is 11.2. The fourth-order valence-electron chi connectivity index (χ4n) is 4.42. The van der Waals surface area contributed by atoms with Gasteiger partial charge in [0.2, 0.25) is 5.91 Å². The Bertz CT molecular complexity index is 1500. The first kappa shape index (κ1) is 28.3. The minimum absolute atomic E-state index is 0.0547. The lowest BCUT2D eigenvalue weighted by atomic mass is 9.97. The number of hydrogen-bond acceptors (Lipinski definition) is 6. The second-order valence-corrected chi connectivity index (χ2v) is 9.61. The van der Waals surface area contributed by atoms with Gasteiger partial charge in [-0.15, -0.1) is 0 Å². The van der Waals surface area contributed by atoms with Gasteiger partial charge in [0, 0.05) is 56.1 Å². The molecule has 0 saturated heterocycles.